The van der Waals surface area contributed by atoms with Crippen molar-refractivity contribution >= 4 is 0 Å². The number of hydrogen-bond donors (Lipinski definition) is 0. The van der Waals surface area contributed by atoms with Crippen molar-refractivity contribution in [3.8, 4) is 0 Å². The molecule has 2 aromatic carbocycles. The summed E-state index contributed by atoms with van der Waals surface area (Å²) >= 11 is 0. The van der Waals surface area contributed by atoms with Gasteiger partial charge >= 0.3 is 0 Å². The van der Waals surface area contributed by atoms with Gasteiger partial charge in [-0.25, -0.2) is 0 Å². The molecule has 0 fully saturated rings. The molecule has 142 valence electrons. The van der Waals surface area contributed by atoms with Crippen molar-refractivity contribution in [1.82, 2.24) is 0 Å². The van der Waals surface area contributed by atoms with Gasteiger partial charge in [0.2, 0.25) is 0 Å². The standard InChI is InChI=1S/C26H38/c1-23(2,3)19-11-15-21(16-12-19)25(7,8)26(9,10)22-17-13-20(14-18-22)24(4,5)6/h11-18H,1-10H3. The van der Waals surface area contributed by atoms with Crippen molar-refractivity contribution in [2.24, 2.45) is 0 Å². The molecule has 0 aliphatic rings. The quantitative estimate of drug-likeness (QED) is 0.536. The Balaban J connectivity index is 2.40. The molecule has 0 bridgehead atoms. The van der Waals surface area contributed by atoms with Gasteiger partial charge in [0.05, 0.1) is 0 Å². The van der Waals surface area contributed by atoms with Gasteiger partial charge in [-0.05, 0) is 43.9 Å². The summed E-state index contributed by atoms with van der Waals surface area (Å²) in [6.45, 7) is 23.1. The van der Waals surface area contributed by atoms with Crippen molar-refractivity contribution in [2.45, 2.75) is 90.9 Å². The van der Waals surface area contributed by atoms with E-state index in [1.165, 1.54) is 22.3 Å². The largest absolute Gasteiger partial charge is 0.0582 e. The molecule has 0 amide bonds. The summed E-state index contributed by atoms with van der Waals surface area (Å²) < 4.78 is 0. The first-order valence-corrected chi connectivity index (χ1v) is 9.89. The fourth-order valence-electron chi connectivity index (χ4n) is 3.50. The molecule has 26 heavy (non-hydrogen) atoms. The summed E-state index contributed by atoms with van der Waals surface area (Å²) in [5.74, 6) is 0. The van der Waals surface area contributed by atoms with Gasteiger partial charge in [-0.3, -0.25) is 0 Å². The molecular weight excluding hydrogens is 312 g/mol. The Bertz CT molecular complexity index is 659. The van der Waals surface area contributed by atoms with Gasteiger partial charge in [0.15, 0.2) is 0 Å². The van der Waals surface area contributed by atoms with Gasteiger partial charge in [0.1, 0.15) is 0 Å². The highest BCUT2D eigenvalue weighted by atomic mass is 14.4. The first-order valence-electron chi connectivity index (χ1n) is 9.89. The summed E-state index contributed by atoms with van der Waals surface area (Å²) in [5, 5.41) is 0. The monoisotopic (exact) mass is 350 g/mol. The first-order chi connectivity index (χ1) is 11.7. The van der Waals surface area contributed by atoms with Crippen LogP contribution in [0.25, 0.3) is 0 Å². The Morgan fingerprint density at radius 3 is 0.731 bits per heavy atom. The third-order valence-corrected chi connectivity index (χ3v) is 6.51. The molecule has 0 atom stereocenters. The molecule has 0 heteroatoms. The van der Waals surface area contributed by atoms with Crippen molar-refractivity contribution in [1.29, 1.82) is 0 Å². The van der Waals surface area contributed by atoms with E-state index in [9.17, 15) is 0 Å². The van der Waals surface area contributed by atoms with Gasteiger partial charge in [-0.2, -0.15) is 0 Å². The molecule has 0 aliphatic carbocycles. The smallest absolute Gasteiger partial charge is 0.00120 e. The van der Waals surface area contributed by atoms with E-state index in [4.69, 9.17) is 0 Å². The molecule has 0 radical (unpaired) electrons. The van der Waals surface area contributed by atoms with Crippen LogP contribution in [0.3, 0.4) is 0 Å². The summed E-state index contributed by atoms with van der Waals surface area (Å²) in [6, 6.07) is 18.5. The molecule has 0 aliphatic heterocycles. The number of hydrogen-bond acceptors (Lipinski definition) is 0. The molecule has 0 saturated heterocycles. The zero-order valence-corrected chi connectivity index (χ0v) is 18.6. The molecule has 0 spiro atoms. The predicted octanol–water partition coefficient (Wildman–Crippen LogP) is 7.54. The molecule has 0 saturated carbocycles. The highest BCUT2D eigenvalue weighted by Crippen LogP contribution is 2.44. The maximum atomic E-state index is 2.37. The van der Waals surface area contributed by atoms with E-state index in [1.807, 2.05) is 0 Å². The second-order valence-corrected chi connectivity index (χ2v) is 10.9. The third-order valence-electron chi connectivity index (χ3n) is 6.51. The minimum Gasteiger partial charge on any atom is -0.0582 e. The van der Waals surface area contributed by atoms with Crippen LogP contribution < -0.4 is 0 Å². The van der Waals surface area contributed by atoms with Crippen LogP contribution in [0, 0.1) is 0 Å². The molecule has 0 aromatic heterocycles. The van der Waals surface area contributed by atoms with E-state index in [-0.39, 0.29) is 21.7 Å². The summed E-state index contributed by atoms with van der Waals surface area (Å²) in [7, 11) is 0. The van der Waals surface area contributed by atoms with Crippen LogP contribution in [-0.4, -0.2) is 0 Å². The van der Waals surface area contributed by atoms with E-state index in [0.29, 0.717) is 0 Å². The molecule has 2 rings (SSSR count). The van der Waals surface area contributed by atoms with E-state index in [1.54, 1.807) is 0 Å². The van der Waals surface area contributed by atoms with Crippen molar-refractivity contribution < 1.29 is 0 Å². The molecule has 0 N–H and O–H groups in total. The molecule has 2 aromatic rings. The fourth-order valence-corrected chi connectivity index (χ4v) is 3.50. The Morgan fingerprint density at radius 1 is 0.346 bits per heavy atom. The van der Waals surface area contributed by atoms with E-state index in [0.717, 1.165) is 0 Å². The van der Waals surface area contributed by atoms with Gasteiger partial charge in [0.25, 0.3) is 0 Å². The first kappa shape index (κ1) is 20.7. The lowest BCUT2D eigenvalue weighted by molar-refractivity contribution is 0.302. The van der Waals surface area contributed by atoms with Gasteiger partial charge in [-0.1, -0.05) is 118 Å². The maximum absolute atomic E-state index is 2.37. The second kappa shape index (κ2) is 6.55. The Kier molecular flexibility index (Phi) is 5.23. The van der Waals surface area contributed by atoms with Crippen LogP contribution >= 0.6 is 0 Å². The topological polar surface area (TPSA) is 0 Å². The minimum atomic E-state index is 0.0344. The Morgan fingerprint density at radius 2 is 0.538 bits per heavy atom. The summed E-state index contributed by atoms with van der Waals surface area (Å²) in [5.41, 5.74) is 6.04. The lowest BCUT2D eigenvalue weighted by Gasteiger charge is -2.43. The lowest BCUT2D eigenvalue weighted by atomic mass is 9.60. The van der Waals surface area contributed by atoms with Crippen LogP contribution in [0.1, 0.15) is 91.5 Å². The summed E-state index contributed by atoms with van der Waals surface area (Å²) in [6.07, 6.45) is 0. The zero-order chi connectivity index (χ0) is 20.0. The van der Waals surface area contributed by atoms with Crippen molar-refractivity contribution in [3.63, 3.8) is 0 Å². The molecular formula is C26H38. The lowest BCUT2D eigenvalue weighted by Crippen LogP contribution is -2.40. The fraction of sp³-hybridized carbons (Fsp3) is 0.538. The number of benzene rings is 2. The van der Waals surface area contributed by atoms with Crippen LogP contribution in [0.15, 0.2) is 48.5 Å². The SMILES string of the molecule is CC(C)(C)c1ccc(C(C)(C)C(C)(C)c2ccc(C(C)(C)C)cc2)cc1. The average molecular weight is 351 g/mol. The van der Waals surface area contributed by atoms with Crippen LogP contribution in [0.5, 0.6) is 0 Å². The van der Waals surface area contributed by atoms with Crippen LogP contribution in [0.4, 0.5) is 0 Å². The third kappa shape index (κ3) is 3.90. The van der Waals surface area contributed by atoms with Crippen LogP contribution in [0.2, 0.25) is 0 Å². The molecule has 0 nitrogen and oxygen atoms in total. The Hall–Kier alpha value is -1.56. The van der Waals surface area contributed by atoms with E-state index < -0.39 is 0 Å². The average Bonchev–Trinajstić information content (AvgIpc) is 2.53. The second-order valence-electron chi connectivity index (χ2n) is 10.9. The molecule has 0 heterocycles. The minimum absolute atomic E-state index is 0.0344. The highest BCUT2D eigenvalue weighted by Gasteiger charge is 2.39. The van der Waals surface area contributed by atoms with E-state index >= 15 is 0 Å². The highest BCUT2D eigenvalue weighted by molar-refractivity contribution is 5.40. The van der Waals surface area contributed by atoms with Crippen molar-refractivity contribution in [2.75, 3.05) is 0 Å². The maximum Gasteiger partial charge on any atom is -0.00120 e. The van der Waals surface area contributed by atoms with E-state index in [2.05, 4.69) is 118 Å². The van der Waals surface area contributed by atoms with Crippen LogP contribution in [-0.2, 0) is 21.7 Å². The van der Waals surface area contributed by atoms with Gasteiger partial charge in [0, 0.05) is 0 Å². The molecule has 0 unspecified atom stereocenters. The Labute approximate surface area is 162 Å². The predicted molar refractivity (Wildman–Crippen MR) is 116 cm³/mol. The van der Waals surface area contributed by atoms with Gasteiger partial charge < -0.3 is 0 Å². The zero-order valence-electron chi connectivity index (χ0n) is 18.6. The van der Waals surface area contributed by atoms with Gasteiger partial charge in [-0.15, -0.1) is 0 Å². The summed E-state index contributed by atoms with van der Waals surface area (Å²) in [4.78, 5) is 0. The number of rotatable bonds is 3. The van der Waals surface area contributed by atoms with Crippen molar-refractivity contribution in [3.05, 3.63) is 70.8 Å². The normalized spacial score (nSPS) is 13.8.